The fourth-order valence-corrected chi connectivity index (χ4v) is 3.95. The molecule has 0 N–H and O–H groups in total. The Labute approximate surface area is 147 Å². The Morgan fingerprint density at radius 2 is 2.09 bits per heavy atom. The van der Waals surface area contributed by atoms with Gasteiger partial charge in [-0.05, 0) is 53.7 Å². The van der Waals surface area contributed by atoms with Gasteiger partial charge in [-0.2, -0.15) is 0 Å². The highest BCUT2D eigenvalue weighted by Gasteiger charge is 2.22. The van der Waals surface area contributed by atoms with Crippen LogP contribution >= 0.6 is 31.9 Å². The zero-order valence-electron chi connectivity index (χ0n) is 12.7. The van der Waals surface area contributed by atoms with E-state index in [1.54, 1.807) is 12.1 Å². The van der Waals surface area contributed by atoms with Gasteiger partial charge in [0.1, 0.15) is 5.75 Å². The molecule has 0 aromatic heterocycles. The number of carbonyl (C=O) groups excluding carboxylic acids is 2. The van der Waals surface area contributed by atoms with Crippen molar-refractivity contribution in [3.05, 3.63) is 26.6 Å². The number of nitrogens with zero attached hydrogens (tertiary/aromatic N) is 1. The average Bonchev–Trinajstić information content (AvgIpc) is 2.45. The molecule has 1 aliphatic heterocycles. The molecular formula is C16H19Br2NO3. The molecule has 0 radical (unpaired) electrons. The predicted molar refractivity (Wildman–Crippen MR) is 92.3 cm³/mol. The van der Waals surface area contributed by atoms with Crippen LogP contribution in [0.1, 0.15) is 37.0 Å². The summed E-state index contributed by atoms with van der Waals surface area (Å²) in [5, 5.41) is 0. The maximum atomic E-state index is 12.3. The van der Waals surface area contributed by atoms with E-state index >= 15 is 0 Å². The first-order valence-electron chi connectivity index (χ1n) is 7.29. The lowest BCUT2D eigenvalue weighted by atomic mass is 10.0. The topological polar surface area (TPSA) is 46.6 Å². The normalized spacial score (nSPS) is 18.2. The van der Waals surface area contributed by atoms with Gasteiger partial charge < -0.3 is 9.64 Å². The molecule has 4 nitrogen and oxygen atoms in total. The van der Waals surface area contributed by atoms with Crippen molar-refractivity contribution >= 4 is 43.6 Å². The van der Waals surface area contributed by atoms with Crippen LogP contribution in [0.15, 0.2) is 21.1 Å². The van der Waals surface area contributed by atoms with Gasteiger partial charge in [-0.1, -0.05) is 22.9 Å². The number of hydrogen-bond acceptors (Lipinski definition) is 3. The van der Waals surface area contributed by atoms with Gasteiger partial charge >= 0.3 is 0 Å². The molecule has 1 fully saturated rings. The van der Waals surface area contributed by atoms with Crippen LogP contribution < -0.4 is 4.74 Å². The Hall–Kier alpha value is -0.880. The zero-order chi connectivity index (χ0) is 16.3. The smallest absolute Gasteiger partial charge is 0.260 e. The molecule has 0 unspecified atom stereocenters. The summed E-state index contributed by atoms with van der Waals surface area (Å²) in [4.78, 5) is 25.9. The second-order valence-corrected chi connectivity index (χ2v) is 7.47. The molecule has 0 spiro atoms. The summed E-state index contributed by atoms with van der Waals surface area (Å²) in [5.41, 5.74) is 0.459. The van der Waals surface area contributed by atoms with Gasteiger partial charge in [-0.3, -0.25) is 9.59 Å². The summed E-state index contributed by atoms with van der Waals surface area (Å²) in [7, 11) is 0. The monoisotopic (exact) mass is 431 g/mol. The van der Waals surface area contributed by atoms with E-state index < -0.39 is 0 Å². The first-order valence-corrected chi connectivity index (χ1v) is 8.87. The fourth-order valence-electron chi connectivity index (χ4n) is 2.61. The molecule has 0 saturated carbocycles. The molecule has 2 rings (SSSR count). The lowest BCUT2D eigenvalue weighted by Crippen LogP contribution is -2.41. The number of hydrogen-bond donors (Lipinski definition) is 0. The van der Waals surface area contributed by atoms with E-state index in [2.05, 4.69) is 38.8 Å². The minimum absolute atomic E-state index is 0.0316. The molecule has 1 aromatic carbocycles. The highest BCUT2D eigenvalue weighted by molar-refractivity contribution is 9.11. The van der Waals surface area contributed by atoms with E-state index in [9.17, 15) is 9.59 Å². The van der Waals surface area contributed by atoms with Crippen LogP contribution in [0.3, 0.4) is 0 Å². The van der Waals surface area contributed by atoms with E-state index in [1.165, 1.54) is 6.92 Å². The van der Waals surface area contributed by atoms with Crippen LogP contribution in [-0.4, -0.2) is 36.3 Å². The lowest BCUT2D eigenvalue weighted by Gasteiger charge is -2.31. The van der Waals surface area contributed by atoms with Gasteiger partial charge in [0.2, 0.25) is 0 Å². The summed E-state index contributed by atoms with van der Waals surface area (Å²) in [6.45, 7) is 5.15. The second kappa shape index (κ2) is 7.59. The highest BCUT2D eigenvalue weighted by Crippen LogP contribution is 2.33. The van der Waals surface area contributed by atoms with Gasteiger partial charge in [0, 0.05) is 17.6 Å². The average molecular weight is 433 g/mol. The number of halogens is 2. The van der Waals surface area contributed by atoms with Gasteiger partial charge in [-0.15, -0.1) is 0 Å². The maximum absolute atomic E-state index is 12.3. The maximum Gasteiger partial charge on any atom is 0.260 e. The number of rotatable bonds is 4. The number of ketones is 1. The van der Waals surface area contributed by atoms with Crippen molar-refractivity contribution in [1.82, 2.24) is 4.90 Å². The second-order valence-electron chi connectivity index (χ2n) is 5.70. The van der Waals surface area contributed by atoms with Crippen LogP contribution in [0, 0.1) is 5.92 Å². The first-order chi connectivity index (χ1) is 10.4. The van der Waals surface area contributed by atoms with E-state index in [-0.39, 0.29) is 18.3 Å². The van der Waals surface area contributed by atoms with Crippen molar-refractivity contribution < 1.29 is 14.3 Å². The summed E-state index contributed by atoms with van der Waals surface area (Å²) < 4.78 is 7.10. The quantitative estimate of drug-likeness (QED) is 0.674. The number of benzene rings is 1. The van der Waals surface area contributed by atoms with Gasteiger partial charge in [0.15, 0.2) is 12.4 Å². The van der Waals surface area contributed by atoms with Crippen molar-refractivity contribution in [3.8, 4) is 5.75 Å². The molecule has 0 bridgehead atoms. The summed E-state index contributed by atoms with van der Waals surface area (Å²) in [6, 6.07) is 3.51. The molecule has 1 amide bonds. The third-order valence-corrected chi connectivity index (χ3v) is 4.78. The fraction of sp³-hybridized carbons (Fsp3) is 0.500. The number of ether oxygens (including phenoxy) is 1. The molecular weight excluding hydrogens is 414 g/mol. The van der Waals surface area contributed by atoms with Crippen LogP contribution in [0.5, 0.6) is 5.75 Å². The summed E-state index contributed by atoms with van der Waals surface area (Å²) in [6.07, 6.45) is 2.20. The number of carbonyl (C=O) groups is 2. The minimum atomic E-state index is -0.101. The number of piperidine rings is 1. The molecule has 6 heteroatoms. The number of amides is 1. The Morgan fingerprint density at radius 3 is 2.73 bits per heavy atom. The molecule has 22 heavy (non-hydrogen) atoms. The molecule has 120 valence electrons. The largest absolute Gasteiger partial charge is 0.482 e. The van der Waals surface area contributed by atoms with Gasteiger partial charge in [-0.25, -0.2) is 0 Å². The Balaban J connectivity index is 2.08. The molecule has 1 aromatic rings. The number of likely N-dealkylation sites (tertiary alicyclic amines) is 1. The molecule has 1 atom stereocenters. The van der Waals surface area contributed by atoms with E-state index in [0.717, 1.165) is 30.4 Å². The predicted octanol–water partition coefficient (Wildman–Crippen LogP) is 4.05. The first kappa shape index (κ1) is 17.5. The summed E-state index contributed by atoms with van der Waals surface area (Å²) in [5.74, 6) is 0.825. The van der Waals surface area contributed by atoms with Crippen molar-refractivity contribution in [2.45, 2.75) is 26.7 Å². The van der Waals surface area contributed by atoms with Crippen LogP contribution in [0.2, 0.25) is 0 Å². The van der Waals surface area contributed by atoms with E-state index in [4.69, 9.17) is 4.74 Å². The molecule has 1 saturated heterocycles. The highest BCUT2D eigenvalue weighted by atomic mass is 79.9. The van der Waals surface area contributed by atoms with Gasteiger partial charge in [0.05, 0.1) is 10.0 Å². The van der Waals surface area contributed by atoms with Crippen LogP contribution in [-0.2, 0) is 4.79 Å². The van der Waals surface area contributed by atoms with Gasteiger partial charge in [0.25, 0.3) is 5.91 Å². The Bertz CT molecular complexity index is 589. The van der Waals surface area contributed by atoms with Crippen molar-refractivity contribution in [1.29, 1.82) is 0 Å². The third kappa shape index (κ3) is 4.32. The third-order valence-electron chi connectivity index (χ3n) is 3.74. The Kier molecular flexibility index (Phi) is 6.03. The van der Waals surface area contributed by atoms with E-state index in [1.807, 2.05) is 4.90 Å². The van der Waals surface area contributed by atoms with Crippen molar-refractivity contribution in [2.75, 3.05) is 19.7 Å². The van der Waals surface area contributed by atoms with E-state index in [0.29, 0.717) is 21.7 Å². The minimum Gasteiger partial charge on any atom is -0.482 e. The van der Waals surface area contributed by atoms with Crippen molar-refractivity contribution in [3.63, 3.8) is 0 Å². The van der Waals surface area contributed by atoms with Crippen LogP contribution in [0.4, 0.5) is 0 Å². The SMILES string of the molecule is CC(=O)c1cc(Br)cc(Br)c1OCC(=O)N1CCC[C@@H](C)C1. The van der Waals surface area contributed by atoms with Crippen molar-refractivity contribution in [2.24, 2.45) is 5.92 Å². The zero-order valence-corrected chi connectivity index (χ0v) is 15.9. The molecule has 1 aliphatic rings. The standard InChI is InChI=1S/C16H19Br2NO3/c1-10-4-3-5-19(8-10)15(21)9-22-16-13(11(2)20)6-12(17)7-14(16)18/h6-7,10H,3-5,8-9H2,1-2H3/t10-/m1/s1. The number of Topliss-reactive ketones (excluding diaryl/α,β-unsaturated/α-hetero) is 1. The molecule has 0 aliphatic carbocycles. The molecule has 1 heterocycles. The van der Waals surface area contributed by atoms with Crippen LogP contribution in [0.25, 0.3) is 0 Å². The summed E-state index contributed by atoms with van der Waals surface area (Å²) >= 11 is 6.74. The Morgan fingerprint density at radius 1 is 1.36 bits per heavy atom. The lowest BCUT2D eigenvalue weighted by molar-refractivity contribution is -0.135.